The molecule has 1 atom stereocenters. The van der Waals surface area contributed by atoms with Crippen LogP contribution < -0.4 is 5.32 Å². The number of rotatable bonds is 5. The Labute approximate surface area is 137 Å². The number of hydrogen-bond donors (Lipinski definition) is 2. The summed E-state index contributed by atoms with van der Waals surface area (Å²) in [5, 5.41) is 12.3. The average molecular weight is 333 g/mol. The number of halogens is 2. The first kappa shape index (κ1) is 16.4. The predicted molar refractivity (Wildman–Crippen MR) is 82.1 cm³/mol. The van der Waals surface area contributed by atoms with Crippen molar-refractivity contribution in [2.75, 3.05) is 0 Å². The zero-order chi connectivity index (χ0) is 17.1. The summed E-state index contributed by atoms with van der Waals surface area (Å²) >= 11 is 0. The van der Waals surface area contributed by atoms with Crippen molar-refractivity contribution in [3.63, 3.8) is 0 Å². The van der Waals surface area contributed by atoms with Gasteiger partial charge in [0, 0.05) is 30.4 Å². The van der Waals surface area contributed by atoms with Crippen molar-refractivity contribution in [1.29, 1.82) is 0 Å². The lowest BCUT2D eigenvalue weighted by Crippen LogP contribution is -2.48. The fraction of sp³-hybridized carbons (Fsp3) is 0.353. The van der Waals surface area contributed by atoms with Crippen LogP contribution in [0.1, 0.15) is 29.0 Å². The van der Waals surface area contributed by atoms with E-state index in [1.807, 2.05) is 12.1 Å². The van der Waals surface area contributed by atoms with Crippen LogP contribution in [-0.4, -0.2) is 33.1 Å². The maximum Gasteiger partial charge on any atom is 0.273 e. The highest BCUT2D eigenvalue weighted by atomic mass is 19.1. The van der Waals surface area contributed by atoms with Crippen molar-refractivity contribution < 1.29 is 18.7 Å². The van der Waals surface area contributed by atoms with Gasteiger partial charge < -0.3 is 10.4 Å². The number of carbonyl (C=O) groups is 1. The van der Waals surface area contributed by atoms with Gasteiger partial charge in [0.15, 0.2) is 11.5 Å². The summed E-state index contributed by atoms with van der Waals surface area (Å²) < 4.78 is 26.6. The van der Waals surface area contributed by atoms with Gasteiger partial charge in [-0.15, -0.1) is 0 Å². The molecule has 1 saturated carbocycles. The Hall–Kier alpha value is -2.41. The lowest BCUT2D eigenvalue weighted by molar-refractivity contribution is 0.0236. The molecule has 2 N–H and O–H groups in total. The molecule has 1 aliphatic rings. The van der Waals surface area contributed by atoms with E-state index < -0.39 is 23.2 Å². The van der Waals surface area contributed by atoms with Crippen LogP contribution in [0.3, 0.4) is 0 Å². The molecule has 0 spiro atoms. The minimum absolute atomic E-state index is 0.0782. The fourth-order valence-electron chi connectivity index (χ4n) is 2.86. The van der Waals surface area contributed by atoms with Crippen molar-refractivity contribution in [2.24, 2.45) is 5.92 Å². The van der Waals surface area contributed by atoms with E-state index in [1.54, 1.807) is 12.3 Å². The standard InChI is InChI=1S/C17H17F2N3O2/c18-11-7-14(19)16(21-9-11)17(24)22-15(10-5-13(23)6-10)8-12-3-1-2-4-20-12/h1-4,7,9-10,13,15,23H,5-6,8H2,(H,22,24)/t10?,13?,15-/m0/s1. The lowest BCUT2D eigenvalue weighted by atomic mass is 9.76. The van der Waals surface area contributed by atoms with E-state index in [0.717, 1.165) is 11.9 Å². The number of nitrogens with zero attached hydrogens (tertiary/aromatic N) is 2. The Balaban J connectivity index is 1.74. The van der Waals surface area contributed by atoms with Crippen LogP contribution in [0, 0.1) is 17.6 Å². The molecular formula is C17H17F2N3O2. The quantitative estimate of drug-likeness (QED) is 0.876. The molecule has 2 aromatic heterocycles. The van der Waals surface area contributed by atoms with Gasteiger partial charge in [0.2, 0.25) is 0 Å². The number of aliphatic hydroxyl groups excluding tert-OH is 1. The average Bonchev–Trinajstić information content (AvgIpc) is 2.52. The van der Waals surface area contributed by atoms with Crippen molar-refractivity contribution in [1.82, 2.24) is 15.3 Å². The maximum atomic E-state index is 13.7. The summed E-state index contributed by atoms with van der Waals surface area (Å²) in [7, 11) is 0. The second-order valence-corrected chi connectivity index (χ2v) is 5.97. The Morgan fingerprint density at radius 2 is 2.12 bits per heavy atom. The van der Waals surface area contributed by atoms with Gasteiger partial charge in [0.25, 0.3) is 5.91 Å². The van der Waals surface area contributed by atoms with Crippen molar-refractivity contribution in [3.8, 4) is 0 Å². The number of amides is 1. The van der Waals surface area contributed by atoms with Crippen LogP contribution in [0.5, 0.6) is 0 Å². The molecule has 24 heavy (non-hydrogen) atoms. The van der Waals surface area contributed by atoms with E-state index in [-0.39, 0.29) is 18.1 Å². The molecule has 1 amide bonds. The molecule has 0 saturated heterocycles. The summed E-state index contributed by atoms with van der Waals surface area (Å²) in [5.74, 6) is -2.46. The molecule has 0 bridgehead atoms. The molecule has 1 fully saturated rings. The third-order valence-corrected chi connectivity index (χ3v) is 4.21. The smallest absolute Gasteiger partial charge is 0.273 e. The van der Waals surface area contributed by atoms with E-state index in [4.69, 9.17) is 0 Å². The fourth-order valence-corrected chi connectivity index (χ4v) is 2.86. The molecule has 2 heterocycles. The highest BCUT2D eigenvalue weighted by Crippen LogP contribution is 2.31. The van der Waals surface area contributed by atoms with Gasteiger partial charge in [0.05, 0.1) is 12.3 Å². The van der Waals surface area contributed by atoms with Gasteiger partial charge in [-0.05, 0) is 30.9 Å². The summed E-state index contributed by atoms with van der Waals surface area (Å²) in [6.45, 7) is 0. The third kappa shape index (κ3) is 3.73. The van der Waals surface area contributed by atoms with Gasteiger partial charge in [-0.3, -0.25) is 9.78 Å². The van der Waals surface area contributed by atoms with E-state index in [0.29, 0.717) is 25.3 Å². The van der Waals surface area contributed by atoms with Crippen molar-refractivity contribution >= 4 is 5.91 Å². The minimum atomic E-state index is -1.00. The summed E-state index contributed by atoms with van der Waals surface area (Å²) in [4.78, 5) is 20.0. The van der Waals surface area contributed by atoms with E-state index in [1.165, 1.54) is 0 Å². The van der Waals surface area contributed by atoms with Gasteiger partial charge in [-0.2, -0.15) is 0 Å². The van der Waals surface area contributed by atoms with Gasteiger partial charge in [-0.25, -0.2) is 13.8 Å². The zero-order valence-electron chi connectivity index (χ0n) is 12.8. The minimum Gasteiger partial charge on any atom is -0.393 e. The van der Waals surface area contributed by atoms with Crippen LogP contribution in [0.2, 0.25) is 0 Å². The van der Waals surface area contributed by atoms with Crippen molar-refractivity contribution in [2.45, 2.75) is 31.4 Å². The molecular weight excluding hydrogens is 316 g/mol. The van der Waals surface area contributed by atoms with E-state index >= 15 is 0 Å². The second-order valence-electron chi connectivity index (χ2n) is 5.97. The SMILES string of the molecule is O=C(N[C@@H](Cc1ccccn1)C1CC(O)C1)c1ncc(F)cc1F. The topological polar surface area (TPSA) is 75.1 Å². The zero-order valence-corrected chi connectivity index (χ0v) is 12.8. The molecule has 3 rings (SSSR count). The van der Waals surface area contributed by atoms with Crippen molar-refractivity contribution in [3.05, 3.63) is 59.7 Å². The Bertz CT molecular complexity index is 721. The molecule has 0 aromatic carbocycles. The van der Waals surface area contributed by atoms with Crippen LogP contribution in [0.4, 0.5) is 8.78 Å². The number of nitrogens with one attached hydrogen (secondary N) is 1. The molecule has 126 valence electrons. The number of aromatic nitrogens is 2. The number of carbonyl (C=O) groups excluding carboxylic acids is 1. The molecule has 7 heteroatoms. The highest BCUT2D eigenvalue weighted by molar-refractivity contribution is 5.92. The third-order valence-electron chi connectivity index (χ3n) is 4.21. The second kappa shape index (κ2) is 7.00. The summed E-state index contributed by atoms with van der Waals surface area (Å²) in [6, 6.07) is 5.80. The largest absolute Gasteiger partial charge is 0.393 e. The number of pyridine rings is 2. The normalized spacial score (nSPS) is 21.0. The van der Waals surface area contributed by atoms with Gasteiger partial charge in [0.1, 0.15) is 5.82 Å². The molecule has 0 aliphatic heterocycles. The molecule has 0 unspecified atom stereocenters. The Morgan fingerprint density at radius 1 is 1.33 bits per heavy atom. The van der Waals surface area contributed by atoms with E-state index in [9.17, 15) is 18.7 Å². The maximum absolute atomic E-state index is 13.7. The summed E-state index contributed by atoms with van der Waals surface area (Å²) in [6.07, 6.45) is 3.68. The predicted octanol–water partition coefficient (Wildman–Crippen LogP) is 1.87. The van der Waals surface area contributed by atoms with Crippen LogP contribution in [-0.2, 0) is 6.42 Å². The summed E-state index contributed by atoms with van der Waals surface area (Å²) in [5.41, 5.74) is 0.346. The Kier molecular flexibility index (Phi) is 4.80. The molecule has 2 aromatic rings. The monoisotopic (exact) mass is 333 g/mol. The first-order valence-electron chi connectivity index (χ1n) is 7.73. The molecule has 0 radical (unpaired) electrons. The van der Waals surface area contributed by atoms with E-state index in [2.05, 4.69) is 15.3 Å². The first-order chi connectivity index (χ1) is 11.5. The molecule has 1 aliphatic carbocycles. The van der Waals surface area contributed by atoms with Crippen LogP contribution in [0.15, 0.2) is 36.7 Å². The molecule has 5 nitrogen and oxygen atoms in total. The van der Waals surface area contributed by atoms with Gasteiger partial charge in [-0.1, -0.05) is 6.07 Å². The highest BCUT2D eigenvalue weighted by Gasteiger charge is 2.35. The number of hydrogen-bond acceptors (Lipinski definition) is 4. The van der Waals surface area contributed by atoms with Crippen LogP contribution >= 0.6 is 0 Å². The van der Waals surface area contributed by atoms with Crippen LogP contribution in [0.25, 0.3) is 0 Å². The lowest BCUT2D eigenvalue weighted by Gasteiger charge is -2.38. The first-order valence-corrected chi connectivity index (χ1v) is 7.73. The number of aliphatic hydroxyl groups is 1. The Morgan fingerprint density at radius 3 is 2.75 bits per heavy atom. The van der Waals surface area contributed by atoms with Gasteiger partial charge >= 0.3 is 0 Å².